The van der Waals surface area contributed by atoms with Gasteiger partial charge in [-0.25, -0.2) is 0 Å². The van der Waals surface area contributed by atoms with Gasteiger partial charge in [-0.1, -0.05) is 63.3 Å². The molecule has 1 aromatic rings. The Morgan fingerprint density at radius 2 is 1.95 bits per heavy atom. The normalized spacial score (nSPS) is 31.7. The van der Waals surface area contributed by atoms with Crippen LogP contribution in [-0.4, -0.2) is 75.7 Å². The van der Waals surface area contributed by atoms with Crippen LogP contribution in [-0.2, 0) is 30.4 Å². The minimum atomic E-state index is -1.21. The average molecular weight is 539 g/mol. The summed E-state index contributed by atoms with van der Waals surface area (Å²) in [5.74, 6) is -3.05. The molecule has 2 amide bonds. The first-order valence-corrected chi connectivity index (χ1v) is 13.9. The van der Waals surface area contributed by atoms with Gasteiger partial charge in [0.25, 0.3) is 0 Å². The number of hydrogen-bond acceptors (Lipinski definition) is 6. The third kappa shape index (κ3) is 4.72. The number of ether oxygens (including phenoxy) is 2. The largest absolute Gasteiger partial charge is 0.465 e. The van der Waals surface area contributed by atoms with E-state index in [9.17, 15) is 19.5 Å². The minimum Gasteiger partial charge on any atom is -0.465 e. The Morgan fingerprint density at radius 1 is 1.26 bits per heavy atom. The van der Waals surface area contributed by atoms with Gasteiger partial charge in [-0.3, -0.25) is 14.4 Å². The van der Waals surface area contributed by atoms with Gasteiger partial charge in [-0.2, -0.15) is 0 Å². The fourth-order valence-electron chi connectivity index (χ4n) is 6.99. The van der Waals surface area contributed by atoms with Crippen LogP contribution in [0.5, 0.6) is 0 Å². The maximum absolute atomic E-state index is 14.6. The fourth-order valence-corrected chi connectivity index (χ4v) is 6.99. The molecule has 0 aliphatic carbocycles. The molecule has 8 nitrogen and oxygen atoms in total. The fraction of sp³-hybridized carbons (Fsp3) is 0.581. The van der Waals surface area contributed by atoms with Crippen LogP contribution < -0.4 is 0 Å². The molecule has 3 aliphatic rings. The maximum atomic E-state index is 14.6. The first-order chi connectivity index (χ1) is 18.6. The van der Waals surface area contributed by atoms with Gasteiger partial charge < -0.3 is 24.4 Å². The predicted molar refractivity (Wildman–Crippen MR) is 147 cm³/mol. The topological polar surface area (TPSA) is 96.4 Å². The van der Waals surface area contributed by atoms with Gasteiger partial charge in [-0.15, -0.1) is 13.2 Å². The van der Waals surface area contributed by atoms with Gasteiger partial charge in [0, 0.05) is 13.1 Å². The summed E-state index contributed by atoms with van der Waals surface area (Å²) in [4.78, 5) is 45.6. The van der Waals surface area contributed by atoms with Crippen LogP contribution in [0.3, 0.4) is 0 Å². The summed E-state index contributed by atoms with van der Waals surface area (Å²) in [5.41, 5.74) is -1.21. The Labute approximate surface area is 231 Å². The molecule has 1 aromatic carbocycles. The number of rotatable bonds is 12. The zero-order valence-corrected chi connectivity index (χ0v) is 23.5. The Balaban J connectivity index is 1.81. The number of esters is 1. The number of amides is 2. The second-order valence-electron chi connectivity index (χ2n) is 11.7. The summed E-state index contributed by atoms with van der Waals surface area (Å²) < 4.78 is 12.4. The van der Waals surface area contributed by atoms with Crippen molar-refractivity contribution in [3.8, 4) is 0 Å². The van der Waals surface area contributed by atoms with E-state index < -0.39 is 41.1 Å². The smallest absolute Gasteiger partial charge is 0.312 e. The maximum Gasteiger partial charge on any atom is 0.312 e. The van der Waals surface area contributed by atoms with E-state index in [1.807, 2.05) is 58.0 Å². The second kappa shape index (κ2) is 11.3. The number of hydrogen-bond donors (Lipinski definition) is 1. The van der Waals surface area contributed by atoms with E-state index in [-0.39, 0.29) is 43.4 Å². The number of aliphatic hydroxyl groups is 1. The van der Waals surface area contributed by atoms with E-state index in [0.29, 0.717) is 19.4 Å². The molecule has 3 saturated heterocycles. The highest BCUT2D eigenvalue weighted by Crippen LogP contribution is 2.65. The molecule has 3 unspecified atom stereocenters. The summed E-state index contributed by atoms with van der Waals surface area (Å²) in [6.45, 7) is 15.7. The van der Waals surface area contributed by atoms with Crippen LogP contribution in [0.2, 0.25) is 0 Å². The monoisotopic (exact) mass is 538 g/mol. The van der Waals surface area contributed by atoms with Gasteiger partial charge in [0.05, 0.1) is 30.8 Å². The molecule has 3 fully saturated rings. The van der Waals surface area contributed by atoms with Gasteiger partial charge in [0.15, 0.2) is 0 Å². The van der Waals surface area contributed by atoms with E-state index in [0.717, 1.165) is 5.56 Å². The number of fused-ring (bicyclic) bond motifs is 1. The molecule has 212 valence electrons. The Bertz CT molecular complexity index is 1110. The molecule has 39 heavy (non-hydrogen) atoms. The SMILES string of the molecule is C=CCCOC(=O)[C@H]1[C@H]2C(=O)N([C@@H](CO)C(C)C)C(C(=O)N(CC=C)Cc3ccccc3)C23CC(C)[C@]1(C)O3. The van der Waals surface area contributed by atoms with Gasteiger partial charge in [0.1, 0.15) is 17.6 Å². The molecule has 0 radical (unpaired) electrons. The lowest BCUT2D eigenvalue weighted by Gasteiger charge is -2.40. The summed E-state index contributed by atoms with van der Waals surface area (Å²) in [7, 11) is 0. The molecule has 8 heteroatoms. The van der Waals surface area contributed by atoms with Gasteiger partial charge >= 0.3 is 5.97 Å². The highest BCUT2D eigenvalue weighted by Gasteiger charge is 2.80. The summed E-state index contributed by atoms with van der Waals surface area (Å²) in [6.07, 6.45) is 4.29. The Hall–Kier alpha value is -2.97. The quantitative estimate of drug-likeness (QED) is 0.249. The molecule has 1 spiro atoms. The Morgan fingerprint density at radius 3 is 2.54 bits per heavy atom. The van der Waals surface area contributed by atoms with Crippen molar-refractivity contribution in [1.29, 1.82) is 0 Å². The Kier molecular flexibility index (Phi) is 8.38. The standard InChI is InChI=1S/C31H42N2O6/c1-7-9-16-38-29(37)25-24-27(35)33(23(19-34)20(3)4)26(31(24)17-21(5)30(25,6)39-31)28(36)32(15-8-2)18-22-13-11-10-12-14-22/h7-8,10-14,20-21,23-26,34H,1-2,9,15-19H2,3-6H3/t21?,23-,24-,25+,26?,30-,31?/m0/s1. The highest BCUT2D eigenvalue weighted by atomic mass is 16.6. The lowest BCUT2D eigenvalue weighted by Crippen LogP contribution is -2.59. The van der Waals surface area contributed by atoms with Crippen LogP contribution in [0.4, 0.5) is 0 Å². The number of likely N-dealkylation sites (tertiary alicyclic amines) is 1. The number of aliphatic hydroxyl groups excluding tert-OH is 1. The zero-order valence-electron chi connectivity index (χ0n) is 23.5. The predicted octanol–water partition coefficient (Wildman–Crippen LogP) is 3.35. The molecule has 0 saturated carbocycles. The number of carbonyl (C=O) groups is 3. The molecular weight excluding hydrogens is 496 g/mol. The molecule has 3 aliphatic heterocycles. The van der Waals surface area contributed by atoms with E-state index in [4.69, 9.17) is 9.47 Å². The first kappa shape index (κ1) is 29.0. The average Bonchev–Trinajstić information content (AvgIpc) is 3.41. The van der Waals surface area contributed by atoms with E-state index in [1.165, 1.54) is 4.90 Å². The summed E-state index contributed by atoms with van der Waals surface area (Å²) in [6, 6.07) is 8.04. The number of benzene rings is 1. The lowest BCUT2D eigenvalue weighted by molar-refractivity contribution is -0.164. The van der Waals surface area contributed by atoms with Crippen molar-refractivity contribution in [2.24, 2.45) is 23.7 Å². The van der Waals surface area contributed by atoms with Crippen LogP contribution in [0.25, 0.3) is 0 Å². The molecule has 1 N–H and O–H groups in total. The van der Waals surface area contributed by atoms with Crippen molar-refractivity contribution in [3.05, 3.63) is 61.2 Å². The van der Waals surface area contributed by atoms with Crippen molar-refractivity contribution in [2.45, 2.75) is 70.4 Å². The zero-order chi connectivity index (χ0) is 28.5. The highest BCUT2D eigenvalue weighted by molar-refractivity contribution is 5.98. The third-order valence-corrected chi connectivity index (χ3v) is 9.00. The van der Waals surface area contributed by atoms with Crippen molar-refractivity contribution in [2.75, 3.05) is 19.8 Å². The molecule has 2 bridgehead atoms. The number of nitrogens with zero attached hydrogens (tertiary/aromatic N) is 2. The third-order valence-electron chi connectivity index (χ3n) is 9.00. The van der Waals surface area contributed by atoms with Crippen LogP contribution in [0.1, 0.15) is 46.1 Å². The molecule has 4 rings (SSSR count). The van der Waals surface area contributed by atoms with Crippen molar-refractivity contribution in [3.63, 3.8) is 0 Å². The van der Waals surface area contributed by atoms with E-state index in [1.54, 1.807) is 17.1 Å². The van der Waals surface area contributed by atoms with Crippen molar-refractivity contribution >= 4 is 17.8 Å². The number of carbonyl (C=O) groups excluding carboxylic acids is 3. The first-order valence-electron chi connectivity index (χ1n) is 13.9. The molecular formula is C31H42N2O6. The second-order valence-corrected chi connectivity index (χ2v) is 11.7. The van der Waals surface area contributed by atoms with Crippen LogP contribution in [0, 0.1) is 23.7 Å². The molecule has 0 aromatic heterocycles. The summed E-state index contributed by atoms with van der Waals surface area (Å²) in [5, 5.41) is 10.4. The van der Waals surface area contributed by atoms with E-state index in [2.05, 4.69) is 13.2 Å². The van der Waals surface area contributed by atoms with Gasteiger partial charge in [-0.05, 0) is 37.2 Å². The molecule has 7 atom stereocenters. The minimum absolute atomic E-state index is 0.0950. The van der Waals surface area contributed by atoms with Gasteiger partial charge in [0.2, 0.25) is 11.8 Å². The van der Waals surface area contributed by atoms with E-state index >= 15 is 0 Å². The molecule has 3 heterocycles. The van der Waals surface area contributed by atoms with Crippen molar-refractivity contribution in [1.82, 2.24) is 9.80 Å². The van der Waals surface area contributed by atoms with Crippen LogP contribution in [0.15, 0.2) is 55.6 Å². The van der Waals surface area contributed by atoms with Crippen LogP contribution >= 0.6 is 0 Å². The summed E-state index contributed by atoms with van der Waals surface area (Å²) >= 11 is 0. The van der Waals surface area contributed by atoms with Crippen molar-refractivity contribution < 1.29 is 29.0 Å². The lowest BCUT2D eigenvalue weighted by atomic mass is 9.62.